The molecule has 16 heavy (non-hydrogen) atoms. The average Bonchev–Trinajstić information content (AvgIpc) is 2.38. The Balaban J connectivity index is 2.24. The molecule has 1 aliphatic rings. The van der Waals surface area contributed by atoms with Crippen molar-refractivity contribution < 1.29 is 4.74 Å². The summed E-state index contributed by atoms with van der Waals surface area (Å²) in [5, 5.41) is 8.83. The lowest BCUT2D eigenvalue weighted by atomic mass is 10.1. The second-order valence-corrected chi connectivity index (χ2v) is 3.82. The number of morpholine rings is 1. The summed E-state index contributed by atoms with van der Waals surface area (Å²) in [6, 6.07) is 8.00. The molecule has 84 valence electrons. The maximum absolute atomic E-state index is 8.83. The van der Waals surface area contributed by atoms with Gasteiger partial charge in [-0.25, -0.2) is 4.98 Å². The maximum Gasteiger partial charge on any atom is 0.142 e. The smallest absolute Gasteiger partial charge is 0.142 e. The van der Waals surface area contributed by atoms with E-state index in [1.165, 1.54) is 0 Å². The summed E-state index contributed by atoms with van der Waals surface area (Å²) >= 11 is 0. The van der Waals surface area contributed by atoms with Crippen molar-refractivity contribution in [2.24, 2.45) is 0 Å². The fourth-order valence-electron chi connectivity index (χ4n) is 1.94. The zero-order valence-electron chi connectivity index (χ0n) is 9.39. The van der Waals surface area contributed by atoms with Crippen LogP contribution in [0, 0.1) is 11.3 Å². The molecule has 1 fully saturated rings. The Labute approximate surface area is 95.5 Å². The van der Waals surface area contributed by atoms with Crippen LogP contribution in [-0.2, 0) is 4.74 Å². The van der Waals surface area contributed by atoms with Gasteiger partial charge in [0, 0.05) is 6.54 Å². The van der Waals surface area contributed by atoms with Crippen LogP contribution in [0.15, 0.2) is 18.2 Å². The van der Waals surface area contributed by atoms with Crippen molar-refractivity contribution in [2.75, 3.05) is 24.7 Å². The summed E-state index contributed by atoms with van der Waals surface area (Å²) in [5.41, 5.74) is 0.471. The van der Waals surface area contributed by atoms with E-state index in [9.17, 15) is 0 Å². The molecule has 0 radical (unpaired) electrons. The van der Waals surface area contributed by atoms with Crippen molar-refractivity contribution in [1.29, 1.82) is 5.26 Å². The summed E-state index contributed by atoms with van der Waals surface area (Å²) < 4.78 is 5.45. The van der Waals surface area contributed by atoms with E-state index < -0.39 is 0 Å². The summed E-state index contributed by atoms with van der Waals surface area (Å²) in [5.74, 6) is 0.884. The predicted molar refractivity (Wildman–Crippen MR) is 61.2 cm³/mol. The second-order valence-electron chi connectivity index (χ2n) is 3.82. The van der Waals surface area contributed by atoms with Gasteiger partial charge in [0.05, 0.1) is 19.3 Å². The highest BCUT2D eigenvalue weighted by Crippen LogP contribution is 2.19. The molecule has 0 N–H and O–H groups in total. The highest BCUT2D eigenvalue weighted by molar-refractivity contribution is 5.43. The van der Waals surface area contributed by atoms with Gasteiger partial charge in [-0.1, -0.05) is 13.0 Å². The zero-order chi connectivity index (χ0) is 11.4. The standard InChI is InChI=1S/C12H15N3O/c1-2-11-9-16-7-6-15(11)12-5-3-4-10(8-13)14-12/h3-5,11H,2,6-7,9H2,1H3. The normalized spacial score (nSPS) is 20.5. The highest BCUT2D eigenvalue weighted by atomic mass is 16.5. The van der Waals surface area contributed by atoms with E-state index in [2.05, 4.69) is 22.9 Å². The van der Waals surface area contributed by atoms with E-state index in [4.69, 9.17) is 10.00 Å². The first-order chi connectivity index (χ1) is 7.85. The predicted octanol–water partition coefficient (Wildman–Crippen LogP) is 1.57. The van der Waals surface area contributed by atoms with Gasteiger partial charge in [0.1, 0.15) is 17.6 Å². The number of hydrogen-bond donors (Lipinski definition) is 0. The van der Waals surface area contributed by atoms with Gasteiger partial charge >= 0.3 is 0 Å². The molecule has 0 aromatic carbocycles. The Bertz CT molecular complexity index is 399. The van der Waals surface area contributed by atoms with E-state index >= 15 is 0 Å². The molecule has 1 unspecified atom stereocenters. The second kappa shape index (κ2) is 4.95. The summed E-state index contributed by atoms with van der Waals surface area (Å²) in [6.45, 7) is 4.46. The molecule has 1 atom stereocenters. The zero-order valence-corrected chi connectivity index (χ0v) is 9.39. The van der Waals surface area contributed by atoms with Crippen molar-refractivity contribution in [2.45, 2.75) is 19.4 Å². The van der Waals surface area contributed by atoms with Crippen LogP contribution in [0.25, 0.3) is 0 Å². The lowest BCUT2D eigenvalue weighted by Gasteiger charge is -2.36. The van der Waals surface area contributed by atoms with Crippen LogP contribution in [0.3, 0.4) is 0 Å². The Hall–Kier alpha value is -1.60. The van der Waals surface area contributed by atoms with Crippen LogP contribution in [0.1, 0.15) is 19.0 Å². The molecule has 4 nitrogen and oxygen atoms in total. The number of aromatic nitrogens is 1. The van der Waals surface area contributed by atoms with Gasteiger partial charge in [0.15, 0.2) is 0 Å². The fraction of sp³-hybridized carbons (Fsp3) is 0.500. The highest BCUT2D eigenvalue weighted by Gasteiger charge is 2.22. The van der Waals surface area contributed by atoms with Crippen LogP contribution in [0.4, 0.5) is 5.82 Å². The lowest BCUT2D eigenvalue weighted by molar-refractivity contribution is 0.0925. The van der Waals surface area contributed by atoms with Gasteiger partial charge in [-0.2, -0.15) is 5.26 Å². The molecule has 1 aliphatic heterocycles. The quantitative estimate of drug-likeness (QED) is 0.754. The minimum atomic E-state index is 0.371. The number of anilines is 1. The Morgan fingerprint density at radius 2 is 2.50 bits per heavy atom. The Morgan fingerprint density at radius 1 is 1.62 bits per heavy atom. The molecule has 4 heteroatoms. The molecule has 0 spiro atoms. The average molecular weight is 217 g/mol. The third-order valence-corrected chi connectivity index (χ3v) is 2.84. The van der Waals surface area contributed by atoms with Gasteiger partial charge in [-0.15, -0.1) is 0 Å². The van der Waals surface area contributed by atoms with Crippen molar-refractivity contribution in [3.05, 3.63) is 23.9 Å². The summed E-state index contributed by atoms with van der Waals surface area (Å²) in [6.07, 6.45) is 1.03. The number of rotatable bonds is 2. The minimum Gasteiger partial charge on any atom is -0.377 e. The monoisotopic (exact) mass is 217 g/mol. The van der Waals surface area contributed by atoms with Gasteiger partial charge in [0.2, 0.25) is 0 Å². The summed E-state index contributed by atoms with van der Waals surface area (Å²) in [4.78, 5) is 6.55. The number of nitrogens with zero attached hydrogens (tertiary/aromatic N) is 3. The molecule has 1 saturated heterocycles. The van der Waals surface area contributed by atoms with E-state index in [1.54, 1.807) is 6.07 Å². The van der Waals surface area contributed by atoms with Crippen molar-refractivity contribution >= 4 is 5.82 Å². The first kappa shape index (κ1) is 10.9. The van der Waals surface area contributed by atoms with E-state index in [-0.39, 0.29) is 0 Å². The van der Waals surface area contributed by atoms with Gasteiger partial charge in [0.25, 0.3) is 0 Å². The van der Waals surface area contributed by atoms with Crippen LogP contribution in [-0.4, -0.2) is 30.8 Å². The lowest BCUT2D eigenvalue weighted by Crippen LogP contribution is -2.45. The molecule has 0 bridgehead atoms. The summed E-state index contributed by atoms with van der Waals surface area (Å²) in [7, 11) is 0. The van der Waals surface area contributed by atoms with Gasteiger partial charge in [-0.05, 0) is 18.6 Å². The SMILES string of the molecule is CCC1COCCN1c1cccc(C#N)n1. The molecule has 0 saturated carbocycles. The number of ether oxygens (including phenoxy) is 1. The molecule has 1 aromatic heterocycles. The first-order valence-corrected chi connectivity index (χ1v) is 5.56. The molecular weight excluding hydrogens is 202 g/mol. The van der Waals surface area contributed by atoms with Crippen LogP contribution < -0.4 is 4.90 Å². The van der Waals surface area contributed by atoms with Crippen molar-refractivity contribution in [3.63, 3.8) is 0 Å². The molecular formula is C12H15N3O. The molecule has 2 rings (SSSR count). The van der Waals surface area contributed by atoms with Gasteiger partial charge in [-0.3, -0.25) is 0 Å². The molecule has 0 aliphatic carbocycles. The largest absolute Gasteiger partial charge is 0.377 e. The van der Waals surface area contributed by atoms with Crippen LogP contribution >= 0.6 is 0 Å². The van der Waals surface area contributed by atoms with E-state index in [1.807, 2.05) is 12.1 Å². The maximum atomic E-state index is 8.83. The number of nitriles is 1. The topological polar surface area (TPSA) is 49.1 Å². The van der Waals surface area contributed by atoms with Crippen LogP contribution in [0.5, 0.6) is 0 Å². The fourth-order valence-corrected chi connectivity index (χ4v) is 1.94. The number of hydrogen-bond acceptors (Lipinski definition) is 4. The minimum absolute atomic E-state index is 0.371. The van der Waals surface area contributed by atoms with Crippen LogP contribution in [0.2, 0.25) is 0 Å². The van der Waals surface area contributed by atoms with E-state index in [0.29, 0.717) is 11.7 Å². The van der Waals surface area contributed by atoms with E-state index in [0.717, 1.165) is 32.0 Å². The molecule has 2 heterocycles. The van der Waals surface area contributed by atoms with Gasteiger partial charge < -0.3 is 9.64 Å². The first-order valence-electron chi connectivity index (χ1n) is 5.56. The third-order valence-electron chi connectivity index (χ3n) is 2.84. The Kier molecular flexibility index (Phi) is 3.37. The third kappa shape index (κ3) is 2.15. The molecule has 1 aromatic rings. The molecule has 0 amide bonds. The number of pyridine rings is 1. The van der Waals surface area contributed by atoms with Crippen molar-refractivity contribution in [1.82, 2.24) is 4.98 Å². The van der Waals surface area contributed by atoms with Crippen molar-refractivity contribution in [3.8, 4) is 6.07 Å². The Morgan fingerprint density at radius 3 is 3.25 bits per heavy atom.